The highest BCUT2D eigenvalue weighted by atomic mass is 19.4. The molecule has 3 rings (SSSR count). The summed E-state index contributed by atoms with van der Waals surface area (Å²) < 4.78 is 56.0. The number of nitrogens with one attached hydrogen (secondary N) is 1. The van der Waals surface area contributed by atoms with Crippen molar-refractivity contribution in [1.29, 1.82) is 0 Å². The van der Waals surface area contributed by atoms with Gasteiger partial charge in [-0.25, -0.2) is 19.4 Å². The number of aliphatic imine (C=N–C) groups is 2. The molecule has 1 amide bonds. The van der Waals surface area contributed by atoms with Gasteiger partial charge in [-0.15, -0.1) is 0 Å². The first kappa shape index (κ1) is 24.3. The number of halogens is 4. The molecule has 0 aliphatic heterocycles. The van der Waals surface area contributed by atoms with Crippen LogP contribution in [0.3, 0.4) is 0 Å². The summed E-state index contributed by atoms with van der Waals surface area (Å²) in [6.45, 7) is 2.78. The Morgan fingerprint density at radius 1 is 1.18 bits per heavy atom. The third-order valence-corrected chi connectivity index (χ3v) is 5.67. The first-order valence-electron chi connectivity index (χ1n) is 10.3. The van der Waals surface area contributed by atoms with Crippen LogP contribution in [0, 0.1) is 5.92 Å². The number of nitrogens with two attached hydrogens (primary N) is 1. The Balaban J connectivity index is 1.92. The van der Waals surface area contributed by atoms with Crippen LogP contribution >= 0.6 is 0 Å². The Labute approximate surface area is 188 Å². The Morgan fingerprint density at radius 3 is 2.36 bits per heavy atom. The number of amidine groups is 1. The van der Waals surface area contributed by atoms with E-state index in [1.165, 1.54) is 32.3 Å². The summed E-state index contributed by atoms with van der Waals surface area (Å²) in [5, 5.41) is 2.53. The van der Waals surface area contributed by atoms with Gasteiger partial charge in [0.1, 0.15) is 5.67 Å². The average Bonchev–Trinajstić information content (AvgIpc) is 2.71. The molecule has 0 radical (unpaired) electrons. The van der Waals surface area contributed by atoms with Crippen molar-refractivity contribution in [3.05, 3.63) is 53.3 Å². The maximum absolute atomic E-state index is 15.4. The van der Waals surface area contributed by atoms with Crippen LogP contribution in [0.25, 0.3) is 0 Å². The molecule has 7 nitrogen and oxygen atoms in total. The van der Waals surface area contributed by atoms with Crippen molar-refractivity contribution >= 4 is 24.0 Å². The van der Waals surface area contributed by atoms with E-state index in [0.29, 0.717) is 18.9 Å². The molecule has 2 unspecified atom stereocenters. The average molecular weight is 464 g/mol. The van der Waals surface area contributed by atoms with E-state index in [2.05, 4.69) is 25.3 Å². The summed E-state index contributed by atoms with van der Waals surface area (Å²) in [5.41, 5.74) is 1.79. The summed E-state index contributed by atoms with van der Waals surface area (Å²) in [7, 11) is 0. The van der Waals surface area contributed by atoms with Gasteiger partial charge in [0.2, 0.25) is 0 Å². The number of carbonyl (C=O) groups is 1. The maximum Gasteiger partial charge on any atom is 0.416 e. The number of benzene rings is 1. The largest absolute Gasteiger partial charge is 0.416 e. The van der Waals surface area contributed by atoms with Gasteiger partial charge in [0.25, 0.3) is 11.9 Å². The normalized spacial score (nSPS) is 17.9. The fraction of sp³-hybridized carbons (Fsp3) is 0.409. The number of hydrogen-bond acceptors (Lipinski definition) is 4. The standard InChI is InChI=1S/C22H24F4N6O/c1-13(18(30-12-27)32-20-28-7-4-8-29-20)31-19(33)14-9-16(11-17(10-14)22(24,25)26)21(2,23)15-5-3-6-15/h4,7-13,15H,3,5-6H2,1-2H3,(H,31,33)(H2,27,28,29,30,32). The zero-order valence-corrected chi connectivity index (χ0v) is 18.1. The van der Waals surface area contributed by atoms with Gasteiger partial charge < -0.3 is 11.1 Å². The lowest BCUT2D eigenvalue weighted by atomic mass is 9.71. The first-order valence-corrected chi connectivity index (χ1v) is 10.3. The molecule has 0 spiro atoms. The molecule has 1 aromatic heterocycles. The molecule has 1 saturated carbocycles. The second-order valence-electron chi connectivity index (χ2n) is 7.99. The van der Waals surface area contributed by atoms with E-state index in [1.807, 2.05) is 0 Å². The van der Waals surface area contributed by atoms with Crippen molar-refractivity contribution in [2.24, 2.45) is 21.6 Å². The number of amides is 1. The van der Waals surface area contributed by atoms with Crippen LogP contribution in [0.5, 0.6) is 0 Å². The lowest BCUT2D eigenvalue weighted by Gasteiger charge is -2.37. The van der Waals surface area contributed by atoms with Crippen molar-refractivity contribution in [2.45, 2.75) is 51.0 Å². The quantitative estimate of drug-likeness (QED) is 0.377. The van der Waals surface area contributed by atoms with Gasteiger partial charge in [0.05, 0.1) is 17.9 Å². The number of rotatable bonds is 6. The number of alkyl halides is 4. The Bertz CT molecular complexity index is 1050. The minimum absolute atomic E-state index is 0.0362. The molecule has 2 atom stereocenters. The zero-order valence-electron chi connectivity index (χ0n) is 18.1. The predicted molar refractivity (Wildman–Crippen MR) is 116 cm³/mol. The minimum atomic E-state index is -4.74. The molecule has 1 fully saturated rings. The Morgan fingerprint density at radius 2 is 1.82 bits per heavy atom. The predicted octanol–water partition coefficient (Wildman–Crippen LogP) is 4.32. The molecule has 33 heavy (non-hydrogen) atoms. The van der Waals surface area contributed by atoms with Gasteiger partial charge in [0.15, 0.2) is 5.84 Å². The van der Waals surface area contributed by atoms with Gasteiger partial charge >= 0.3 is 6.18 Å². The molecule has 0 saturated heterocycles. The number of aromatic nitrogens is 2. The van der Waals surface area contributed by atoms with Crippen molar-refractivity contribution in [2.75, 3.05) is 0 Å². The van der Waals surface area contributed by atoms with Crippen molar-refractivity contribution in [1.82, 2.24) is 15.3 Å². The summed E-state index contributed by atoms with van der Waals surface area (Å²) in [4.78, 5) is 28.7. The van der Waals surface area contributed by atoms with Crippen LogP contribution in [0.1, 0.15) is 54.6 Å². The third kappa shape index (κ3) is 5.71. The lowest BCUT2D eigenvalue weighted by molar-refractivity contribution is -0.137. The van der Waals surface area contributed by atoms with Crippen molar-refractivity contribution in [3.8, 4) is 0 Å². The summed E-state index contributed by atoms with van der Waals surface area (Å²) in [5.74, 6) is -1.13. The van der Waals surface area contributed by atoms with Gasteiger partial charge in [0, 0.05) is 18.0 Å². The highest BCUT2D eigenvalue weighted by molar-refractivity contribution is 6.01. The zero-order chi connectivity index (χ0) is 24.2. The summed E-state index contributed by atoms with van der Waals surface area (Å²) in [6, 6.07) is 3.37. The SMILES string of the molecule is CC(NC(=O)c1cc(C(F)(F)F)cc(C(C)(F)C2CCC2)c1)C(N=CN)=Nc1ncccn1. The van der Waals surface area contributed by atoms with E-state index in [0.717, 1.165) is 18.8 Å². The molecule has 3 N–H and O–H groups in total. The van der Waals surface area contributed by atoms with Crippen LogP contribution in [0.15, 0.2) is 46.6 Å². The topological polar surface area (TPSA) is 106 Å². The van der Waals surface area contributed by atoms with Crippen LogP contribution in [-0.4, -0.2) is 34.1 Å². The third-order valence-electron chi connectivity index (χ3n) is 5.67. The second kappa shape index (κ2) is 9.63. The monoisotopic (exact) mass is 464 g/mol. The molecule has 2 aromatic rings. The van der Waals surface area contributed by atoms with Crippen LogP contribution in [-0.2, 0) is 11.8 Å². The number of hydrogen-bond donors (Lipinski definition) is 2. The van der Waals surface area contributed by atoms with Crippen LogP contribution < -0.4 is 11.1 Å². The Kier molecular flexibility index (Phi) is 7.09. The highest BCUT2D eigenvalue weighted by Gasteiger charge is 2.42. The van der Waals surface area contributed by atoms with E-state index in [4.69, 9.17) is 5.73 Å². The van der Waals surface area contributed by atoms with E-state index < -0.39 is 29.4 Å². The van der Waals surface area contributed by atoms with E-state index in [9.17, 15) is 18.0 Å². The number of carbonyl (C=O) groups excluding carboxylic acids is 1. The smallest absolute Gasteiger partial charge is 0.390 e. The summed E-state index contributed by atoms with van der Waals surface area (Å²) >= 11 is 0. The number of nitrogens with zero attached hydrogens (tertiary/aromatic N) is 4. The summed E-state index contributed by atoms with van der Waals surface area (Å²) in [6.07, 6.45) is 1.12. The molecule has 11 heteroatoms. The lowest BCUT2D eigenvalue weighted by Crippen LogP contribution is -2.38. The molecular formula is C22H24F4N6O. The molecule has 1 aliphatic carbocycles. The van der Waals surface area contributed by atoms with Crippen LogP contribution in [0.4, 0.5) is 23.5 Å². The first-order chi connectivity index (χ1) is 15.5. The van der Waals surface area contributed by atoms with Crippen LogP contribution in [0.2, 0.25) is 0 Å². The van der Waals surface area contributed by atoms with Gasteiger partial charge in [-0.2, -0.15) is 18.2 Å². The second-order valence-corrected chi connectivity index (χ2v) is 7.99. The molecule has 1 aromatic carbocycles. The maximum atomic E-state index is 15.4. The fourth-order valence-electron chi connectivity index (χ4n) is 3.50. The van der Waals surface area contributed by atoms with Gasteiger partial charge in [-0.1, -0.05) is 6.42 Å². The van der Waals surface area contributed by atoms with Crippen molar-refractivity contribution < 1.29 is 22.4 Å². The van der Waals surface area contributed by atoms with E-state index >= 15 is 4.39 Å². The minimum Gasteiger partial charge on any atom is -0.390 e. The molecule has 1 aliphatic rings. The molecule has 1 heterocycles. The van der Waals surface area contributed by atoms with Gasteiger partial charge in [-0.05, 0) is 62.4 Å². The fourth-order valence-corrected chi connectivity index (χ4v) is 3.50. The van der Waals surface area contributed by atoms with Gasteiger partial charge in [-0.3, -0.25) is 4.79 Å². The van der Waals surface area contributed by atoms with E-state index in [-0.39, 0.29) is 28.8 Å². The van der Waals surface area contributed by atoms with E-state index in [1.54, 1.807) is 6.07 Å². The van der Waals surface area contributed by atoms with Crippen molar-refractivity contribution in [3.63, 3.8) is 0 Å². The highest BCUT2D eigenvalue weighted by Crippen LogP contribution is 2.46. The molecule has 176 valence electrons. The molecular weight excluding hydrogens is 440 g/mol. The Hall–Kier alpha value is -3.37. The molecule has 0 bridgehead atoms.